The third-order valence-corrected chi connectivity index (χ3v) is 3.33. The van der Waals surface area contributed by atoms with Gasteiger partial charge in [0.05, 0.1) is 12.1 Å². The number of fused-ring (bicyclic) bond motifs is 1. The lowest BCUT2D eigenvalue weighted by Gasteiger charge is -2.13. The van der Waals surface area contributed by atoms with Crippen LogP contribution in [-0.4, -0.2) is 51.6 Å². The average Bonchev–Trinajstić information content (AvgIpc) is 3.05. The van der Waals surface area contributed by atoms with Gasteiger partial charge in [-0.05, 0) is 23.4 Å². The molecule has 0 unspecified atom stereocenters. The minimum absolute atomic E-state index is 0.108. The highest BCUT2D eigenvalue weighted by atomic mass is 16.5. The normalized spacial score (nSPS) is 14.5. The van der Waals surface area contributed by atoms with E-state index in [1.807, 2.05) is 6.07 Å². The molecule has 2 heterocycles. The zero-order chi connectivity index (χ0) is 16.2. The van der Waals surface area contributed by atoms with E-state index in [0.29, 0.717) is 30.2 Å². The Labute approximate surface area is 131 Å². The molecule has 1 aromatic carbocycles. The largest absolute Gasteiger partial charge is 0.491 e. The number of hydrogen-bond donors (Lipinski definition) is 2. The van der Waals surface area contributed by atoms with Crippen molar-refractivity contribution in [2.45, 2.75) is 0 Å². The van der Waals surface area contributed by atoms with Gasteiger partial charge in [-0.25, -0.2) is 0 Å². The number of nitrogens with one attached hydrogen (secondary N) is 2. The Morgan fingerprint density at radius 3 is 3.17 bits per heavy atom. The van der Waals surface area contributed by atoms with Gasteiger partial charge in [0.1, 0.15) is 24.0 Å². The summed E-state index contributed by atoms with van der Waals surface area (Å²) in [7, 11) is 1.73. The summed E-state index contributed by atoms with van der Waals surface area (Å²) in [6.45, 7) is 0.991. The first-order chi connectivity index (χ1) is 11.2. The highest BCUT2D eigenvalue weighted by molar-refractivity contribution is 5.98. The molecule has 0 bridgehead atoms. The van der Waals surface area contributed by atoms with Gasteiger partial charge in [-0.1, -0.05) is 0 Å². The fraction of sp³-hybridized carbons (Fsp3) is 0.214. The lowest BCUT2D eigenvalue weighted by molar-refractivity contribution is 0.0797. The van der Waals surface area contributed by atoms with E-state index in [1.165, 1.54) is 6.20 Å². The molecule has 2 aromatic rings. The summed E-state index contributed by atoms with van der Waals surface area (Å²) in [6, 6.07) is 7.15. The number of benzene rings is 1. The summed E-state index contributed by atoms with van der Waals surface area (Å²) >= 11 is 0. The van der Waals surface area contributed by atoms with Crippen molar-refractivity contribution in [2.75, 3.05) is 25.5 Å². The first-order valence-corrected chi connectivity index (χ1v) is 6.82. The molecule has 116 valence electrons. The van der Waals surface area contributed by atoms with Gasteiger partial charge >= 0.3 is 0 Å². The van der Waals surface area contributed by atoms with E-state index in [-0.39, 0.29) is 17.3 Å². The van der Waals surface area contributed by atoms with Gasteiger partial charge in [-0.3, -0.25) is 4.79 Å². The molecule has 9 nitrogen and oxygen atoms in total. The predicted octanol–water partition coefficient (Wildman–Crippen LogP) is 0.641. The summed E-state index contributed by atoms with van der Waals surface area (Å²) in [5.41, 5.74) is 1.34. The number of rotatable bonds is 3. The van der Waals surface area contributed by atoms with Crippen LogP contribution in [0.25, 0.3) is 5.57 Å². The van der Waals surface area contributed by atoms with E-state index in [1.54, 1.807) is 30.1 Å². The van der Waals surface area contributed by atoms with Crippen molar-refractivity contribution in [3.8, 4) is 11.8 Å². The Balaban J connectivity index is 1.86. The maximum absolute atomic E-state index is 12.3. The molecule has 1 aliphatic rings. The number of nitriles is 1. The van der Waals surface area contributed by atoms with Crippen LogP contribution in [0.5, 0.6) is 5.75 Å². The number of ether oxygens (including phenoxy) is 1. The monoisotopic (exact) mass is 311 g/mol. The second-order valence-electron chi connectivity index (χ2n) is 4.84. The summed E-state index contributed by atoms with van der Waals surface area (Å²) in [6.07, 6.45) is 1.46. The van der Waals surface area contributed by atoms with Gasteiger partial charge in [0.15, 0.2) is 0 Å². The molecule has 0 spiro atoms. The molecule has 0 radical (unpaired) electrons. The zero-order valence-electron chi connectivity index (χ0n) is 12.3. The maximum Gasteiger partial charge on any atom is 0.257 e. The molecule has 0 aliphatic carbocycles. The minimum atomic E-state index is -0.108. The van der Waals surface area contributed by atoms with E-state index in [4.69, 9.17) is 10.00 Å². The predicted molar refractivity (Wildman–Crippen MR) is 80.3 cm³/mol. The van der Waals surface area contributed by atoms with Gasteiger partial charge in [0, 0.05) is 18.9 Å². The van der Waals surface area contributed by atoms with Crippen LogP contribution in [0.4, 0.5) is 5.69 Å². The molecule has 1 aromatic heterocycles. The Bertz CT molecular complexity index is 792. The molecule has 2 N–H and O–H groups in total. The van der Waals surface area contributed by atoms with E-state index in [2.05, 4.69) is 25.9 Å². The fourth-order valence-corrected chi connectivity index (χ4v) is 2.09. The van der Waals surface area contributed by atoms with Crippen molar-refractivity contribution in [3.05, 3.63) is 35.8 Å². The smallest absolute Gasteiger partial charge is 0.257 e. The summed E-state index contributed by atoms with van der Waals surface area (Å²) in [5, 5.41) is 25.3. The van der Waals surface area contributed by atoms with Crippen molar-refractivity contribution in [3.63, 3.8) is 0 Å². The Kier molecular flexibility index (Phi) is 3.88. The number of carbonyl (C=O) groups excluding carboxylic acids is 1. The molecule has 23 heavy (non-hydrogen) atoms. The van der Waals surface area contributed by atoms with Crippen LogP contribution in [-0.2, 0) is 0 Å². The quantitative estimate of drug-likeness (QED) is 0.798. The van der Waals surface area contributed by atoms with E-state index in [9.17, 15) is 4.79 Å². The lowest BCUT2D eigenvalue weighted by Crippen LogP contribution is -2.27. The van der Waals surface area contributed by atoms with Crippen LogP contribution in [0.3, 0.4) is 0 Å². The number of tetrazole rings is 1. The van der Waals surface area contributed by atoms with Crippen LogP contribution < -0.4 is 10.1 Å². The molecular weight excluding hydrogens is 298 g/mol. The number of allylic oxidation sites excluding steroid dienone is 1. The number of aromatic amines is 1. The minimum Gasteiger partial charge on any atom is -0.491 e. The van der Waals surface area contributed by atoms with Crippen LogP contribution in [0.1, 0.15) is 16.2 Å². The average molecular weight is 311 g/mol. The summed E-state index contributed by atoms with van der Waals surface area (Å²) < 4.78 is 5.56. The number of hydrogen-bond acceptors (Lipinski definition) is 7. The van der Waals surface area contributed by atoms with Gasteiger partial charge in [0.25, 0.3) is 5.91 Å². The second kappa shape index (κ2) is 6.15. The molecule has 0 saturated heterocycles. The molecule has 0 fully saturated rings. The highest BCUT2D eigenvalue weighted by Gasteiger charge is 2.21. The molecule has 0 atom stereocenters. The van der Waals surface area contributed by atoms with Crippen LogP contribution >= 0.6 is 0 Å². The van der Waals surface area contributed by atoms with Crippen molar-refractivity contribution in [1.29, 1.82) is 5.26 Å². The fourth-order valence-electron chi connectivity index (χ4n) is 2.09. The highest BCUT2D eigenvalue weighted by Crippen LogP contribution is 2.26. The SMILES string of the molecule is CN1CCOc2ccc(NC=C(C#N)c3nn[nH]n3)cc2C1=O. The number of aromatic nitrogens is 4. The number of anilines is 1. The second-order valence-corrected chi connectivity index (χ2v) is 4.84. The van der Waals surface area contributed by atoms with Gasteiger partial charge in [0.2, 0.25) is 5.82 Å². The standard InChI is InChI=1S/C14H13N7O2/c1-21-4-5-23-12-3-2-10(6-11(12)14(21)22)16-8-9(7-15)13-17-19-20-18-13/h2-3,6,8,16H,4-5H2,1H3,(H,17,18,19,20). The third-order valence-electron chi connectivity index (χ3n) is 3.33. The van der Waals surface area contributed by atoms with Gasteiger partial charge < -0.3 is 15.0 Å². The van der Waals surface area contributed by atoms with Crippen molar-refractivity contribution < 1.29 is 9.53 Å². The van der Waals surface area contributed by atoms with Crippen LogP contribution in [0.2, 0.25) is 0 Å². The number of amides is 1. The number of nitrogens with zero attached hydrogens (tertiary/aromatic N) is 5. The first-order valence-electron chi connectivity index (χ1n) is 6.82. The maximum atomic E-state index is 12.3. The molecule has 0 saturated carbocycles. The number of likely N-dealkylation sites (N-methyl/N-ethyl adjacent to an activating group) is 1. The Morgan fingerprint density at radius 2 is 2.43 bits per heavy atom. The number of H-pyrrole nitrogens is 1. The van der Waals surface area contributed by atoms with Gasteiger partial charge in [-0.2, -0.15) is 10.5 Å². The van der Waals surface area contributed by atoms with Crippen molar-refractivity contribution in [1.82, 2.24) is 25.5 Å². The molecule has 1 amide bonds. The molecule has 1 aliphatic heterocycles. The van der Waals surface area contributed by atoms with Crippen LogP contribution in [0.15, 0.2) is 24.4 Å². The molecule has 9 heteroatoms. The van der Waals surface area contributed by atoms with Crippen LogP contribution in [0, 0.1) is 11.3 Å². The Hall–Kier alpha value is -3.41. The van der Waals surface area contributed by atoms with E-state index in [0.717, 1.165) is 0 Å². The summed E-state index contributed by atoms with van der Waals surface area (Å²) in [4.78, 5) is 13.9. The lowest BCUT2D eigenvalue weighted by atomic mass is 10.1. The zero-order valence-corrected chi connectivity index (χ0v) is 12.3. The van der Waals surface area contributed by atoms with E-state index >= 15 is 0 Å². The third kappa shape index (κ3) is 2.96. The molecular formula is C14H13N7O2. The van der Waals surface area contributed by atoms with Crippen molar-refractivity contribution in [2.24, 2.45) is 0 Å². The first kappa shape index (κ1) is 14.5. The summed E-state index contributed by atoms with van der Waals surface area (Å²) in [5.74, 6) is 0.630. The van der Waals surface area contributed by atoms with Crippen molar-refractivity contribution >= 4 is 17.2 Å². The van der Waals surface area contributed by atoms with E-state index < -0.39 is 0 Å². The van der Waals surface area contributed by atoms with Gasteiger partial charge in [-0.15, -0.1) is 10.2 Å². The Morgan fingerprint density at radius 1 is 1.57 bits per heavy atom. The molecule has 3 rings (SSSR count). The topological polar surface area (TPSA) is 120 Å². The number of carbonyl (C=O) groups is 1.